The summed E-state index contributed by atoms with van der Waals surface area (Å²) in [5, 5.41) is 6.50. The Labute approximate surface area is 129 Å². The summed E-state index contributed by atoms with van der Waals surface area (Å²) in [4.78, 5) is 3.56. The first-order chi connectivity index (χ1) is 9.13. The summed E-state index contributed by atoms with van der Waals surface area (Å²) < 4.78 is 6.00. The predicted molar refractivity (Wildman–Crippen MR) is 82.8 cm³/mol. The number of hydrogen-bond donors (Lipinski definition) is 0. The fraction of sp³-hybridized carbons (Fsp3) is 0.500. The van der Waals surface area contributed by atoms with Crippen molar-refractivity contribution in [2.75, 3.05) is 7.05 Å². The first kappa shape index (κ1) is 13.5. The second-order valence-electron chi connectivity index (χ2n) is 4.94. The van der Waals surface area contributed by atoms with Crippen molar-refractivity contribution in [1.29, 1.82) is 0 Å². The van der Waals surface area contributed by atoms with Crippen molar-refractivity contribution >= 4 is 39.5 Å². The normalized spacial score (nSPS) is 15.3. The molecule has 1 aliphatic rings. The summed E-state index contributed by atoms with van der Waals surface area (Å²) in [5.74, 6) is 0. The first-order valence-corrected chi connectivity index (χ1v) is 8.27. The van der Waals surface area contributed by atoms with Gasteiger partial charge in [0.25, 0.3) is 0 Å². The minimum Gasteiger partial charge on any atom is -0.303 e. The molecule has 4 nitrogen and oxygen atoms in total. The monoisotopic (exact) mass is 358 g/mol. The van der Waals surface area contributed by atoms with Crippen LogP contribution in [-0.4, -0.2) is 26.3 Å². The number of nitrogens with zero attached hydrogens (tertiary/aromatic N) is 4. The molecule has 0 radical (unpaired) electrons. The van der Waals surface area contributed by atoms with Gasteiger partial charge in [-0.25, -0.2) is 4.68 Å². The van der Waals surface area contributed by atoms with Gasteiger partial charge in [0.2, 0.25) is 0 Å². The largest absolute Gasteiger partial charge is 0.303 e. The Morgan fingerprint density at radius 1 is 1.58 bits per heavy atom. The average molecular weight is 359 g/mol. The first-order valence-electron chi connectivity index (χ1n) is 6.19. The van der Waals surface area contributed by atoms with Crippen LogP contribution in [0.4, 0.5) is 0 Å². The van der Waals surface area contributed by atoms with Crippen LogP contribution in [0.15, 0.2) is 22.2 Å². The Morgan fingerprint density at radius 2 is 2.37 bits per heavy atom. The molecule has 0 amide bonds. The third-order valence-corrected chi connectivity index (χ3v) is 5.22. The number of aromatic nitrogens is 3. The molecule has 0 aromatic carbocycles. The van der Waals surface area contributed by atoms with Crippen LogP contribution < -0.4 is 0 Å². The third kappa shape index (κ3) is 3.16. The van der Waals surface area contributed by atoms with E-state index in [0.29, 0.717) is 6.04 Å². The fourth-order valence-electron chi connectivity index (χ4n) is 2.03. The minimum atomic E-state index is 0.597. The highest BCUT2D eigenvalue weighted by Crippen LogP contribution is 2.34. The van der Waals surface area contributed by atoms with Crippen molar-refractivity contribution in [2.24, 2.45) is 0 Å². The second-order valence-corrected chi connectivity index (χ2v) is 7.21. The van der Waals surface area contributed by atoms with Crippen molar-refractivity contribution in [3.05, 3.63) is 31.9 Å². The molecule has 0 atom stereocenters. The average Bonchev–Trinajstić information content (AvgIpc) is 3.03. The lowest BCUT2D eigenvalue weighted by Gasteiger charge is -2.15. The smallest absolute Gasteiger partial charge is 0.199 e. The molecule has 3 rings (SSSR count). The minimum absolute atomic E-state index is 0.597. The summed E-state index contributed by atoms with van der Waals surface area (Å²) in [5.41, 5.74) is 0. The van der Waals surface area contributed by atoms with Gasteiger partial charge in [-0.1, -0.05) is 0 Å². The quantitative estimate of drug-likeness (QED) is 0.762. The van der Waals surface area contributed by atoms with E-state index in [1.54, 1.807) is 11.3 Å². The molecular formula is C12H15BrN4S2. The maximum atomic E-state index is 5.46. The van der Waals surface area contributed by atoms with Crippen LogP contribution in [0.25, 0.3) is 0 Å². The van der Waals surface area contributed by atoms with Crippen molar-refractivity contribution in [2.45, 2.75) is 32.1 Å². The lowest BCUT2D eigenvalue weighted by Crippen LogP contribution is -2.22. The lowest BCUT2D eigenvalue weighted by atomic mass is 10.4. The van der Waals surface area contributed by atoms with E-state index in [2.05, 4.69) is 49.0 Å². The van der Waals surface area contributed by atoms with Gasteiger partial charge in [-0.05, 0) is 54.1 Å². The van der Waals surface area contributed by atoms with Gasteiger partial charge in [0.05, 0.1) is 6.67 Å². The van der Waals surface area contributed by atoms with E-state index in [1.165, 1.54) is 17.7 Å². The number of hydrogen-bond acceptors (Lipinski definition) is 4. The van der Waals surface area contributed by atoms with Crippen LogP contribution in [0.1, 0.15) is 23.8 Å². The van der Waals surface area contributed by atoms with Gasteiger partial charge >= 0.3 is 0 Å². The van der Waals surface area contributed by atoms with Crippen molar-refractivity contribution in [3.8, 4) is 0 Å². The molecule has 1 saturated carbocycles. The van der Waals surface area contributed by atoms with Crippen LogP contribution in [0, 0.1) is 4.77 Å². The molecular weight excluding hydrogens is 344 g/mol. The Morgan fingerprint density at radius 3 is 3.00 bits per heavy atom. The third-order valence-electron chi connectivity index (χ3n) is 3.12. The van der Waals surface area contributed by atoms with E-state index in [0.717, 1.165) is 22.5 Å². The topological polar surface area (TPSA) is 26.0 Å². The van der Waals surface area contributed by atoms with Gasteiger partial charge in [-0.2, -0.15) is 5.10 Å². The zero-order chi connectivity index (χ0) is 13.4. The van der Waals surface area contributed by atoms with E-state index in [4.69, 9.17) is 12.2 Å². The van der Waals surface area contributed by atoms with E-state index in [9.17, 15) is 0 Å². The Kier molecular flexibility index (Phi) is 3.88. The van der Waals surface area contributed by atoms with Crippen LogP contribution in [-0.2, 0) is 13.2 Å². The predicted octanol–water partition coefficient (Wildman–Crippen LogP) is 3.66. The van der Waals surface area contributed by atoms with E-state index in [-0.39, 0.29) is 0 Å². The maximum Gasteiger partial charge on any atom is 0.199 e. The molecule has 2 heterocycles. The van der Waals surface area contributed by atoms with Gasteiger partial charge in [0.15, 0.2) is 4.77 Å². The van der Waals surface area contributed by atoms with Crippen LogP contribution in [0.2, 0.25) is 0 Å². The molecule has 0 N–H and O–H groups in total. The Balaban J connectivity index is 1.65. The molecule has 2 aromatic heterocycles. The standard InChI is InChI=1S/C12H15BrN4S2/c1-15(5-11-4-9(13)6-19-11)8-17-12(18)16(7-14-17)10-2-3-10/h4,6-7,10H,2-3,5,8H2,1H3. The summed E-state index contributed by atoms with van der Waals surface area (Å²) in [6.07, 6.45) is 4.34. The Bertz CT molecular complexity index is 626. The molecule has 0 bridgehead atoms. The summed E-state index contributed by atoms with van der Waals surface area (Å²) in [7, 11) is 2.09. The maximum absolute atomic E-state index is 5.46. The molecule has 2 aromatic rings. The molecule has 7 heteroatoms. The summed E-state index contributed by atoms with van der Waals surface area (Å²) in [6.45, 7) is 1.64. The van der Waals surface area contributed by atoms with Crippen LogP contribution in [0.5, 0.6) is 0 Å². The zero-order valence-corrected chi connectivity index (χ0v) is 13.8. The van der Waals surface area contributed by atoms with E-state index < -0.39 is 0 Å². The molecule has 1 fully saturated rings. The molecule has 0 unspecified atom stereocenters. The van der Waals surface area contributed by atoms with E-state index in [1.807, 2.05) is 11.0 Å². The van der Waals surface area contributed by atoms with E-state index >= 15 is 0 Å². The van der Waals surface area contributed by atoms with Crippen LogP contribution in [0.3, 0.4) is 0 Å². The second kappa shape index (κ2) is 5.47. The number of halogens is 1. The molecule has 102 valence electrons. The number of rotatable bonds is 5. The van der Waals surface area contributed by atoms with Gasteiger partial charge in [0, 0.05) is 27.3 Å². The molecule has 0 saturated heterocycles. The molecule has 19 heavy (non-hydrogen) atoms. The molecule has 0 spiro atoms. The lowest BCUT2D eigenvalue weighted by molar-refractivity contribution is 0.245. The van der Waals surface area contributed by atoms with Gasteiger partial charge in [0.1, 0.15) is 6.33 Å². The summed E-state index contributed by atoms with van der Waals surface area (Å²) in [6, 6.07) is 2.75. The highest BCUT2D eigenvalue weighted by atomic mass is 79.9. The van der Waals surface area contributed by atoms with Gasteiger partial charge < -0.3 is 4.57 Å². The van der Waals surface area contributed by atoms with Gasteiger partial charge in [-0.3, -0.25) is 4.90 Å². The zero-order valence-electron chi connectivity index (χ0n) is 10.6. The molecule has 1 aliphatic carbocycles. The summed E-state index contributed by atoms with van der Waals surface area (Å²) >= 11 is 10.7. The van der Waals surface area contributed by atoms with Gasteiger partial charge in [-0.15, -0.1) is 11.3 Å². The highest BCUT2D eigenvalue weighted by molar-refractivity contribution is 9.10. The molecule has 0 aliphatic heterocycles. The highest BCUT2D eigenvalue weighted by Gasteiger charge is 2.25. The van der Waals surface area contributed by atoms with Crippen molar-refractivity contribution in [1.82, 2.24) is 19.2 Å². The van der Waals surface area contributed by atoms with Crippen molar-refractivity contribution in [3.63, 3.8) is 0 Å². The fourth-order valence-corrected chi connectivity index (χ4v) is 3.86. The van der Waals surface area contributed by atoms with Crippen LogP contribution >= 0.6 is 39.5 Å². The Hall–Kier alpha value is -0.500. The van der Waals surface area contributed by atoms with Crippen molar-refractivity contribution < 1.29 is 0 Å². The SMILES string of the molecule is CN(Cc1cc(Br)cs1)Cn1ncn(C2CC2)c1=S. The number of thiophene rings is 1.